The highest BCUT2D eigenvalue weighted by atomic mass is 19.1. The van der Waals surface area contributed by atoms with Crippen molar-refractivity contribution >= 4 is 11.5 Å². The van der Waals surface area contributed by atoms with Gasteiger partial charge in [-0.15, -0.1) is 0 Å². The lowest BCUT2D eigenvalue weighted by molar-refractivity contribution is 0.103. The van der Waals surface area contributed by atoms with E-state index in [0.29, 0.717) is 6.07 Å². The van der Waals surface area contributed by atoms with E-state index in [1.807, 2.05) is 0 Å². The number of hydrogen-bond donors (Lipinski definition) is 1. The lowest BCUT2D eigenvalue weighted by Gasteiger charge is -2.03. The Bertz CT molecular complexity index is 564. The zero-order chi connectivity index (χ0) is 12.4. The summed E-state index contributed by atoms with van der Waals surface area (Å²) in [5.74, 6) is -2.24. The van der Waals surface area contributed by atoms with E-state index < -0.39 is 17.4 Å². The van der Waals surface area contributed by atoms with Crippen LogP contribution < -0.4 is 5.73 Å². The molecule has 0 saturated carbocycles. The number of ketones is 1. The fourth-order valence-corrected chi connectivity index (χ4v) is 1.43. The molecule has 3 nitrogen and oxygen atoms in total. The number of nitrogen functional groups attached to an aromatic ring is 1. The number of nitrogens with zero attached hydrogens (tertiary/aromatic N) is 1. The lowest BCUT2D eigenvalue weighted by atomic mass is 10.1. The zero-order valence-electron chi connectivity index (χ0n) is 8.65. The Hall–Kier alpha value is -2.30. The predicted molar refractivity (Wildman–Crippen MR) is 58.4 cm³/mol. The summed E-state index contributed by atoms with van der Waals surface area (Å²) in [6, 6.07) is 5.64. The van der Waals surface area contributed by atoms with Crippen molar-refractivity contribution in [3.63, 3.8) is 0 Å². The Morgan fingerprint density at radius 1 is 1.18 bits per heavy atom. The summed E-state index contributed by atoms with van der Waals surface area (Å²) in [4.78, 5) is 15.7. The molecule has 2 rings (SSSR count). The van der Waals surface area contributed by atoms with Gasteiger partial charge in [-0.3, -0.25) is 9.78 Å². The van der Waals surface area contributed by atoms with Gasteiger partial charge in [0.05, 0.1) is 5.69 Å². The normalized spacial score (nSPS) is 10.2. The number of aromatic nitrogens is 1. The predicted octanol–water partition coefficient (Wildman–Crippen LogP) is 2.17. The molecule has 0 aliphatic heterocycles. The van der Waals surface area contributed by atoms with Crippen LogP contribution in [0.1, 0.15) is 16.1 Å². The minimum atomic E-state index is -0.817. The van der Waals surface area contributed by atoms with Gasteiger partial charge in [-0.25, -0.2) is 8.78 Å². The Morgan fingerprint density at radius 3 is 2.41 bits per heavy atom. The fraction of sp³-hybridized carbons (Fsp3) is 0. The summed E-state index contributed by atoms with van der Waals surface area (Å²) in [6.45, 7) is 0. The minimum absolute atomic E-state index is 0.0162. The van der Waals surface area contributed by atoms with E-state index in [2.05, 4.69) is 4.98 Å². The molecule has 0 amide bonds. The summed E-state index contributed by atoms with van der Waals surface area (Å²) < 4.78 is 25.9. The minimum Gasteiger partial charge on any atom is -0.397 e. The van der Waals surface area contributed by atoms with E-state index in [-0.39, 0.29) is 16.9 Å². The number of hydrogen-bond acceptors (Lipinski definition) is 3. The number of pyridine rings is 1. The number of benzene rings is 1. The Kier molecular flexibility index (Phi) is 2.82. The average Bonchev–Trinajstić information content (AvgIpc) is 2.27. The van der Waals surface area contributed by atoms with Crippen LogP contribution in [0.5, 0.6) is 0 Å². The largest absolute Gasteiger partial charge is 0.397 e. The monoisotopic (exact) mass is 234 g/mol. The van der Waals surface area contributed by atoms with Crippen LogP contribution in [0.25, 0.3) is 0 Å². The molecule has 0 spiro atoms. The fourth-order valence-electron chi connectivity index (χ4n) is 1.43. The number of anilines is 1. The van der Waals surface area contributed by atoms with Crippen LogP contribution in [0.3, 0.4) is 0 Å². The highest BCUT2D eigenvalue weighted by Gasteiger charge is 2.15. The molecule has 0 saturated heterocycles. The second-order valence-corrected chi connectivity index (χ2v) is 3.43. The molecule has 17 heavy (non-hydrogen) atoms. The van der Waals surface area contributed by atoms with Crippen molar-refractivity contribution in [3.8, 4) is 0 Å². The van der Waals surface area contributed by atoms with Gasteiger partial charge in [-0.1, -0.05) is 0 Å². The average molecular weight is 234 g/mol. The molecule has 0 fully saturated rings. The molecule has 0 radical (unpaired) electrons. The maximum absolute atomic E-state index is 13.0. The first-order chi connectivity index (χ1) is 8.08. The van der Waals surface area contributed by atoms with Crippen LogP contribution in [0.15, 0.2) is 36.5 Å². The molecule has 0 atom stereocenters. The zero-order valence-corrected chi connectivity index (χ0v) is 8.65. The molecule has 0 bridgehead atoms. The molecule has 5 heteroatoms. The first kappa shape index (κ1) is 11.2. The van der Waals surface area contributed by atoms with Crippen molar-refractivity contribution in [2.24, 2.45) is 0 Å². The third kappa shape index (κ3) is 2.28. The standard InChI is InChI=1S/C12H8F2N2O/c13-8-4-7(5-9(14)6-8)12(17)11-10(15)2-1-3-16-11/h1-6H,15H2. The van der Waals surface area contributed by atoms with Gasteiger partial charge in [0.1, 0.15) is 17.3 Å². The summed E-state index contributed by atoms with van der Waals surface area (Å²) in [6.07, 6.45) is 1.39. The topological polar surface area (TPSA) is 56.0 Å². The van der Waals surface area contributed by atoms with E-state index in [1.54, 1.807) is 6.07 Å². The van der Waals surface area contributed by atoms with Gasteiger partial charge in [-0.05, 0) is 24.3 Å². The molecule has 2 aromatic rings. The summed E-state index contributed by atoms with van der Waals surface area (Å²) in [7, 11) is 0. The third-order valence-corrected chi connectivity index (χ3v) is 2.18. The van der Waals surface area contributed by atoms with E-state index in [4.69, 9.17) is 5.73 Å². The maximum Gasteiger partial charge on any atom is 0.213 e. The molecule has 86 valence electrons. The van der Waals surface area contributed by atoms with Crippen LogP contribution in [-0.4, -0.2) is 10.8 Å². The molecule has 1 heterocycles. The van der Waals surface area contributed by atoms with Gasteiger partial charge in [0.2, 0.25) is 5.78 Å². The van der Waals surface area contributed by atoms with E-state index in [0.717, 1.165) is 12.1 Å². The van der Waals surface area contributed by atoms with Crippen LogP contribution >= 0.6 is 0 Å². The van der Waals surface area contributed by atoms with Gasteiger partial charge in [0.25, 0.3) is 0 Å². The molecule has 1 aromatic heterocycles. The van der Waals surface area contributed by atoms with Crippen molar-refractivity contribution in [2.45, 2.75) is 0 Å². The van der Waals surface area contributed by atoms with Crippen LogP contribution in [-0.2, 0) is 0 Å². The number of carbonyl (C=O) groups is 1. The Morgan fingerprint density at radius 2 is 1.82 bits per heavy atom. The molecular weight excluding hydrogens is 226 g/mol. The van der Waals surface area contributed by atoms with Crippen molar-refractivity contribution in [1.29, 1.82) is 0 Å². The summed E-state index contributed by atoms with van der Waals surface area (Å²) >= 11 is 0. The number of nitrogens with two attached hydrogens (primary N) is 1. The second-order valence-electron chi connectivity index (χ2n) is 3.43. The Balaban J connectivity index is 2.48. The molecule has 0 unspecified atom stereocenters. The van der Waals surface area contributed by atoms with E-state index >= 15 is 0 Å². The van der Waals surface area contributed by atoms with Crippen LogP contribution in [0, 0.1) is 11.6 Å². The molecule has 1 aromatic carbocycles. The van der Waals surface area contributed by atoms with Crippen molar-refractivity contribution < 1.29 is 13.6 Å². The van der Waals surface area contributed by atoms with Crippen molar-refractivity contribution in [1.82, 2.24) is 4.98 Å². The highest BCUT2D eigenvalue weighted by Crippen LogP contribution is 2.15. The Labute approximate surface area is 95.9 Å². The smallest absolute Gasteiger partial charge is 0.213 e. The molecule has 0 aliphatic rings. The van der Waals surface area contributed by atoms with Gasteiger partial charge >= 0.3 is 0 Å². The van der Waals surface area contributed by atoms with Gasteiger partial charge in [0.15, 0.2) is 0 Å². The third-order valence-electron chi connectivity index (χ3n) is 2.18. The van der Waals surface area contributed by atoms with Crippen LogP contribution in [0.2, 0.25) is 0 Å². The van der Waals surface area contributed by atoms with Gasteiger partial charge in [0, 0.05) is 17.8 Å². The number of rotatable bonds is 2. The number of carbonyl (C=O) groups excluding carboxylic acids is 1. The van der Waals surface area contributed by atoms with Crippen molar-refractivity contribution in [2.75, 3.05) is 5.73 Å². The lowest BCUT2D eigenvalue weighted by Crippen LogP contribution is -2.08. The second kappa shape index (κ2) is 4.29. The van der Waals surface area contributed by atoms with E-state index in [9.17, 15) is 13.6 Å². The molecule has 2 N–H and O–H groups in total. The quantitative estimate of drug-likeness (QED) is 0.810. The summed E-state index contributed by atoms with van der Waals surface area (Å²) in [5.41, 5.74) is 5.60. The maximum atomic E-state index is 13.0. The van der Waals surface area contributed by atoms with Gasteiger partial charge < -0.3 is 5.73 Å². The number of halogens is 2. The van der Waals surface area contributed by atoms with Gasteiger partial charge in [-0.2, -0.15) is 0 Å². The first-order valence-electron chi connectivity index (χ1n) is 4.79. The van der Waals surface area contributed by atoms with E-state index in [1.165, 1.54) is 12.3 Å². The summed E-state index contributed by atoms with van der Waals surface area (Å²) in [5, 5.41) is 0. The molecular formula is C12H8F2N2O. The molecule has 0 aliphatic carbocycles. The van der Waals surface area contributed by atoms with Crippen molar-refractivity contribution in [3.05, 3.63) is 59.4 Å². The van der Waals surface area contributed by atoms with Crippen LogP contribution in [0.4, 0.5) is 14.5 Å². The first-order valence-corrected chi connectivity index (χ1v) is 4.79. The SMILES string of the molecule is Nc1cccnc1C(=O)c1cc(F)cc(F)c1. The highest BCUT2D eigenvalue weighted by molar-refractivity contribution is 6.10.